The summed E-state index contributed by atoms with van der Waals surface area (Å²) in [6.07, 6.45) is 0. The minimum absolute atomic E-state index is 0.174. The van der Waals surface area contributed by atoms with E-state index < -0.39 is 0 Å². The van der Waals surface area contributed by atoms with E-state index in [1.807, 2.05) is 37.3 Å². The number of halogens is 1. The van der Waals surface area contributed by atoms with Crippen molar-refractivity contribution in [1.29, 1.82) is 0 Å². The van der Waals surface area contributed by atoms with Crippen molar-refractivity contribution in [3.63, 3.8) is 0 Å². The largest absolute Gasteiger partial charge is 0.321 e. The third kappa shape index (κ3) is 3.52. The van der Waals surface area contributed by atoms with Gasteiger partial charge in [-0.05, 0) is 55.8 Å². The first-order valence-corrected chi connectivity index (χ1v) is 9.49. The fraction of sp³-hybridized carbons (Fsp3) is 0.0870. The van der Waals surface area contributed by atoms with Crippen LogP contribution in [0, 0.1) is 13.8 Å². The van der Waals surface area contributed by atoms with Gasteiger partial charge in [0.15, 0.2) is 0 Å². The number of nitrogens with zero attached hydrogens (tertiary/aromatic N) is 2. The van der Waals surface area contributed by atoms with E-state index in [2.05, 4.69) is 10.3 Å². The summed E-state index contributed by atoms with van der Waals surface area (Å²) < 4.78 is 1.52. The van der Waals surface area contributed by atoms with Gasteiger partial charge >= 0.3 is 0 Å². The Morgan fingerprint density at radius 2 is 1.72 bits per heavy atom. The SMILES string of the molecule is Cc1ccccc1C(=O)Nc1cc(-n2c(C)nc3ccccc3c2=O)ccc1Cl. The number of benzene rings is 3. The van der Waals surface area contributed by atoms with Crippen LogP contribution in [0.1, 0.15) is 21.7 Å². The molecular formula is C23H18ClN3O2. The average molecular weight is 404 g/mol. The van der Waals surface area contributed by atoms with E-state index >= 15 is 0 Å². The molecule has 0 spiro atoms. The molecule has 1 N–H and O–H groups in total. The molecule has 29 heavy (non-hydrogen) atoms. The molecule has 1 aromatic heterocycles. The standard InChI is InChI=1S/C23H18ClN3O2/c1-14-7-3-4-8-17(14)22(28)26-21-13-16(11-12-19(21)24)27-15(2)25-20-10-6-5-9-18(20)23(27)29/h3-13H,1-2H3,(H,26,28). The third-order valence-electron chi connectivity index (χ3n) is 4.79. The number of hydrogen-bond donors (Lipinski definition) is 1. The van der Waals surface area contributed by atoms with Gasteiger partial charge < -0.3 is 5.32 Å². The average Bonchev–Trinajstić information content (AvgIpc) is 2.70. The highest BCUT2D eigenvalue weighted by Gasteiger charge is 2.14. The lowest BCUT2D eigenvalue weighted by Gasteiger charge is -2.14. The third-order valence-corrected chi connectivity index (χ3v) is 5.12. The van der Waals surface area contributed by atoms with E-state index in [9.17, 15) is 9.59 Å². The predicted molar refractivity (Wildman–Crippen MR) is 116 cm³/mol. The zero-order valence-electron chi connectivity index (χ0n) is 15.9. The van der Waals surface area contributed by atoms with Crippen LogP contribution in [0.15, 0.2) is 71.5 Å². The van der Waals surface area contributed by atoms with E-state index in [0.29, 0.717) is 38.7 Å². The summed E-state index contributed by atoms with van der Waals surface area (Å²) in [5, 5.41) is 3.76. The fourth-order valence-corrected chi connectivity index (χ4v) is 3.48. The molecule has 4 aromatic rings. The van der Waals surface area contributed by atoms with Crippen LogP contribution >= 0.6 is 11.6 Å². The molecule has 1 heterocycles. The van der Waals surface area contributed by atoms with Crippen molar-refractivity contribution in [3.8, 4) is 5.69 Å². The number of amides is 1. The van der Waals surface area contributed by atoms with Gasteiger partial charge in [-0.25, -0.2) is 4.98 Å². The van der Waals surface area contributed by atoms with E-state index in [-0.39, 0.29) is 11.5 Å². The monoisotopic (exact) mass is 403 g/mol. The van der Waals surface area contributed by atoms with E-state index in [4.69, 9.17) is 11.6 Å². The van der Waals surface area contributed by atoms with Crippen LogP contribution in [0.2, 0.25) is 5.02 Å². The lowest BCUT2D eigenvalue weighted by Crippen LogP contribution is -2.22. The molecule has 0 aliphatic carbocycles. The van der Waals surface area contributed by atoms with Gasteiger partial charge in [-0.2, -0.15) is 0 Å². The smallest absolute Gasteiger partial charge is 0.265 e. The van der Waals surface area contributed by atoms with Gasteiger partial charge in [0.1, 0.15) is 5.82 Å². The molecule has 0 saturated heterocycles. The zero-order chi connectivity index (χ0) is 20.5. The number of carbonyl (C=O) groups is 1. The number of aryl methyl sites for hydroxylation is 2. The van der Waals surface area contributed by atoms with Crippen LogP contribution in [0.25, 0.3) is 16.6 Å². The molecule has 0 fully saturated rings. The first-order chi connectivity index (χ1) is 14.0. The number of para-hydroxylation sites is 1. The van der Waals surface area contributed by atoms with Gasteiger partial charge in [0, 0.05) is 5.56 Å². The van der Waals surface area contributed by atoms with Crippen molar-refractivity contribution in [2.24, 2.45) is 0 Å². The summed E-state index contributed by atoms with van der Waals surface area (Å²) in [5.74, 6) is 0.287. The van der Waals surface area contributed by atoms with Crippen LogP contribution in [-0.2, 0) is 0 Å². The van der Waals surface area contributed by atoms with Crippen molar-refractivity contribution >= 4 is 34.1 Å². The topological polar surface area (TPSA) is 64.0 Å². The minimum Gasteiger partial charge on any atom is -0.321 e. The Balaban J connectivity index is 1.78. The van der Waals surface area contributed by atoms with E-state index in [0.717, 1.165) is 5.56 Å². The summed E-state index contributed by atoms with van der Waals surface area (Å²) >= 11 is 6.31. The van der Waals surface area contributed by atoms with Crippen LogP contribution in [0.5, 0.6) is 0 Å². The number of hydrogen-bond acceptors (Lipinski definition) is 3. The summed E-state index contributed by atoms with van der Waals surface area (Å²) in [4.78, 5) is 30.3. The van der Waals surface area contributed by atoms with Crippen LogP contribution in [-0.4, -0.2) is 15.5 Å². The molecule has 3 aromatic carbocycles. The highest BCUT2D eigenvalue weighted by Crippen LogP contribution is 2.26. The molecule has 144 valence electrons. The van der Waals surface area contributed by atoms with Crippen molar-refractivity contribution in [1.82, 2.24) is 9.55 Å². The Morgan fingerprint density at radius 1 is 1.00 bits per heavy atom. The first-order valence-electron chi connectivity index (χ1n) is 9.11. The number of fused-ring (bicyclic) bond motifs is 1. The van der Waals surface area contributed by atoms with Crippen LogP contribution in [0.4, 0.5) is 5.69 Å². The maximum absolute atomic E-state index is 13.0. The molecule has 0 saturated carbocycles. The van der Waals surface area contributed by atoms with Crippen molar-refractivity contribution in [3.05, 3.63) is 99.1 Å². The number of aromatic nitrogens is 2. The molecule has 5 nitrogen and oxygen atoms in total. The lowest BCUT2D eigenvalue weighted by molar-refractivity contribution is 0.102. The first kappa shape index (κ1) is 18.9. The van der Waals surface area contributed by atoms with Gasteiger partial charge in [0.2, 0.25) is 0 Å². The highest BCUT2D eigenvalue weighted by molar-refractivity contribution is 6.34. The van der Waals surface area contributed by atoms with Gasteiger partial charge in [-0.1, -0.05) is 41.9 Å². The van der Waals surface area contributed by atoms with Gasteiger partial charge in [-0.3, -0.25) is 14.2 Å². The second-order valence-corrected chi connectivity index (χ2v) is 7.16. The summed E-state index contributed by atoms with van der Waals surface area (Å²) in [6, 6.07) is 19.6. The molecule has 0 unspecified atom stereocenters. The second kappa shape index (κ2) is 7.53. The molecule has 0 bridgehead atoms. The van der Waals surface area contributed by atoms with E-state index in [1.165, 1.54) is 4.57 Å². The van der Waals surface area contributed by atoms with Crippen molar-refractivity contribution < 1.29 is 4.79 Å². The number of rotatable bonds is 3. The predicted octanol–water partition coefficient (Wildman–Crippen LogP) is 4.91. The Bertz CT molecular complexity index is 1310. The minimum atomic E-state index is -0.261. The summed E-state index contributed by atoms with van der Waals surface area (Å²) in [7, 11) is 0. The molecule has 0 aliphatic rings. The second-order valence-electron chi connectivity index (χ2n) is 6.75. The molecule has 6 heteroatoms. The van der Waals surface area contributed by atoms with Gasteiger partial charge in [0.25, 0.3) is 11.5 Å². The highest BCUT2D eigenvalue weighted by atomic mass is 35.5. The molecule has 0 aliphatic heterocycles. The molecule has 4 rings (SSSR count). The Hall–Kier alpha value is -3.44. The maximum atomic E-state index is 13.0. The molecular weight excluding hydrogens is 386 g/mol. The maximum Gasteiger partial charge on any atom is 0.265 e. The molecule has 0 atom stereocenters. The summed E-state index contributed by atoms with van der Waals surface area (Å²) in [6.45, 7) is 3.64. The van der Waals surface area contributed by atoms with Gasteiger partial charge in [0.05, 0.1) is 27.3 Å². The van der Waals surface area contributed by atoms with Gasteiger partial charge in [-0.15, -0.1) is 0 Å². The van der Waals surface area contributed by atoms with Crippen molar-refractivity contribution in [2.75, 3.05) is 5.32 Å². The quantitative estimate of drug-likeness (QED) is 0.528. The lowest BCUT2D eigenvalue weighted by atomic mass is 10.1. The van der Waals surface area contributed by atoms with E-state index in [1.54, 1.807) is 43.3 Å². The fourth-order valence-electron chi connectivity index (χ4n) is 3.31. The number of anilines is 1. The Labute approximate surface area is 172 Å². The Morgan fingerprint density at radius 3 is 2.52 bits per heavy atom. The van der Waals surface area contributed by atoms with Crippen LogP contribution in [0.3, 0.4) is 0 Å². The normalized spacial score (nSPS) is 10.9. The van der Waals surface area contributed by atoms with Crippen molar-refractivity contribution in [2.45, 2.75) is 13.8 Å². The number of nitrogens with one attached hydrogen (secondary N) is 1. The Kier molecular flexibility index (Phi) is 4.91. The summed E-state index contributed by atoms with van der Waals surface area (Å²) in [5.41, 5.74) is 2.91. The number of carbonyl (C=O) groups excluding carboxylic acids is 1. The zero-order valence-corrected chi connectivity index (χ0v) is 16.7. The molecule has 1 amide bonds. The molecule has 0 radical (unpaired) electrons. The van der Waals surface area contributed by atoms with Crippen LogP contribution < -0.4 is 10.9 Å².